The van der Waals surface area contributed by atoms with Gasteiger partial charge in [-0.3, -0.25) is 9.36 Å². The Kier molecular flexibility index (Phi) is 9.19. The summed E-state index contributed by atoms with van der Waals surface area (Å²) in [6.07, 6.45) is 0.672. The van der Waals surface area contributed by atoms with E-state index in [2.05, 4.69) is 22.5 Å². The molecular formula is C26H36ClF3N4O2. The van der Waals surface area contributed by atoms with Crippen LogP contribution in [0.1, 0.15) is 69.7 Å². The highest BCUT2D eigenvalue weighted by molar-refractivity contribution is 6.33. The molecule has 1 atom stereocenters. The van der Waals surface area contributed by atoms with Gasteiger partial charge in [0.2, 0.25) is 0 Å². The standard InChI is InChI=1S/C26H36ClF3N4O2/c1-15(2)12-22-33-23(25(35)31-14-18-8-6-16(3)7-9-18)24(27)34(22)20-11-10-19(13-21(20)36-5)32-17(4)26(28,29)30/h10-11,13,15-18,32H,6-9,12,14H2,1-5H3,(H,31,35)/t16?,17-,18?/m1/s1. The van der Waals surface area contributed by atoms with Crippen molar-refractivity contribution in [3.8, 4) is 11.4 Å². The summed E-state index contributed by atoms with van der Waals surface area (Å²) >= 11 is 6.72. The molecule has 2 N–H and O–H groups in total. The molecule has 0 radical (unpaired) electrons. The molecule has 1 aromatic heterocycles. The third-order valence-electron chi connectivity index (χ3n) is 6.68. The van der Waals surface area contributed by atoms with Crippen LogP contribution in [0.5, 0.6) is 5.75 Å². The Morgan fingerprint density at radius 1 is 1.22 bits per heavy atom. The van der Waals surface area contributed by atoms with E-state index in [1.54, 1.807) is 10.6 Å². The lowest BCUT2D eigenvalue weighted by atomic mass is 9.83. The molecule has 1 aliphatic rings. The predicted octanol–water partition coefficient (Wildman–Crippen LogP) is 6.65. The smallest absolute Gasteiger partial charge is 0.408 e. The third-order valence-corrected chi connectivity index (χ3v) is 7.03. The number of ether oxygens (including phenoxy) is 1. The van der Waals surface area contributed by atoms with Crippen LogP contribution in [0.15, 0.2) is 18.2 Å². The zero-order valence-corrected chi connectivity index (χ0v) is 22.3. The zero-order chi connectivity index (χ0) is 26.6. The van der Waals surface area contributed by atoms with E-state index in [1.807, 2.05) is 13.8 Å². The first-order valence-electron chi connectivity index (χ1n) is 12.5. The fraction of sp³-hybridized carbons (Fsp3) is 0.615. The van der Waals surface area contributed by atoms with Crippen molar-refractivity contribution < 1.29 is 22.7 Å². The van der Waals surface area contributed by atoms with Crippen molar-refractivity contribution >= 4 is 23.2 Å². The second-order valence-corrected chi connectivity index (χ2v) is 10.6. The van der Waals surface area contributed by atoms with Crippen LogP contribution in [0.4, 0.5) is 18.9 Å². The van der Waals surface area contributed by atoms with E-state index in [4.69, 9.17) is 16.3 Å². The first kappa shape index (κ1) is 28.2. The van der Waals surface area contributed by atoms with Crippen LogP contribution in [-0.4, -0.2) is 41.3 Å². The molecule has 36 heavy (non-hydrogen) atoms. The van der Waals surface area contributed by atoms with Crippen molar-refractivity contribution in [2.75, 3.05) is 19.0 Å². The van der Waals surface area contributed by atoms with Gasteiger partial charge in [-0.25, -0.2) is 4.98 Å². The van der Waals surface area contributed by atoms with Gasteiger partial charge in [0, 0.05) is 24.7 Å². The van der Waals surface area contributed by atoms with Crippen molar-refractivity contribution in [3.05, 3.63) is 34.9 Å². The molecule has 1 amide bonds. The number of anilines is 1. The van der Waals surface area contributed by atoms with Gasteiger partial charge in [0.05, 0.1) is 12.8 Å². The van der Waals surface area contributed by atoms with Crippen LogP contribution >= 0.6 is 11.6 Å². The van der Waals surface area contributed by atoms with E-state index in [-0.39, 0.29) is 28.4 Å². The molecule has 0 saturated heterocycles. The Morgan fingerprint density at radius 3 is 2.47 bits per heavy atom. The summed E-state index contributed by atoms with van der Waals surface area (Å²) in [4.78, 5) is 17.6. The quantitative estimate of drug-likeness (QED) is 0.382. The van der Waals surface area contributed by atoms with Crippen molar-refractivity contribution in [1.29, 1.82) is 0 Å². The number of carbonyl (C=O) groups excluding carboxylic acids is 1. The molecule has 1 fully saturated rings. The minimum Gasteiger partial charge on any atom is -0.494 e. The summed E-state index contributed by atoms with van der Waals surface area (Å²) < 4.78 is 46.2. The van der Waals surface area contributed by atoms with Crippen LogP contribution in [0, 0.1) is 17.8 Å². The van der Waals surface area contributed by atoms with E-state index in [0.717, 1.165) is 25.7 Å². The summed E-state index contributed by atoms with van der Waals surface area (Å²) in [6.45, 7) is 7.94. The molecule has 0 spiro atoms. The number of methoxy groups -OCH3 is 1. The summed E-state index contributed by atoms with van der Waals surface area (Å²) in [5.41, 5.74) is 0.879. The average molecular weight is 529 g/mol. The predicted molar refractivity (Wildman–Crippen MR) is 136 cm³/mol. The molecule has 0 bridgehead atoms. The number of carbonyl (C=O) groups is 1. The number of hydrogen-bond donors (Lipinski definition) is 2. The van der Waals surface area contributed by atoms with Crippen LogP contribution in [0.3, 0.4) is 0 Å². The lowest BCUT2D eigenvalue weighted by Crippen LogP contribution is -2.33. The molecule has 3 rings (SSSR count). The molecule has 10 heteroatoms. The number of alkyl halides is 3. The monoisotopic (exact) mass is 528 g/mol. The lowest BCUT2D eigenvalue weighted by Gasteiger charge is -2.26. The van der Waals surface area contributed by atoms with E-state index in [0.29, 0.717) is 36.1 Å². The minimum atomic E-state index is -4.39. The first-order valence-corrected chi connectivity index (χ1v) is 12.8. The van der Waals surface area contributed by atoms with Gasteiger partial charge in [-0.05, 0) is 49.7 Å². The van der Waals surface area contributed by atoms with E-state index in [1.165, 1.54) is 32.1 Å². The molecule has 1 saturated carbocycles. The number of benzene rings is 1. The van der Waals surface area contributed by atoms with Crippen LogP contribution in [0.25, 0.3) is 5.69 Å². The molecule has 1 aliphatic carbocycles. The fourth-order valence-corrected chi connectivity index (χ4v) is 4.79. The maximum absolute atomic E-state index is 13.1. The Bertz CT molecular complexity index is 1050. The summed E-state index contributed by atoms with van der Waals surface area (Å²) in [7, 11) is 1.43. The number of nitrogens with one attached hydrogen (secondary N) is 2. The van der Waals surface area contributed by atoms with Gasteiger partial charge in [0.1, 0.15) is 22.8 Å². The number of nitrogens with zero attached hydrogens (tertiary/aromatic N) is 2. The van der Waals surface area contributed by atoms with Gasteiger partial charge in [-0.15, -0.1) is 0 Å². The van der Waals surface area contributed by atoms with E-state index in [9.17, 15) is 18.0 Å². The van der Waals surface area contributed by atoms with E-state index >= 15 is 0 Å². The number of halogens is 4. The van der Waals surface area contributed by atoms with E-state index < -0.39 is 12.2 Å². The average Bonchev–Trinajstić information content (AvgIpc) is 3.12. The molecule has 0 unspecified atom stereocenters. The number of aromatic nitrogens is 2. The van der Waals surface area contributed by atoms with Crippen molar-refractivity contribution in [3.63, 3.8) is 0 Å². The molecular weight excluding hydrogens is 493 g/mol. The number of rotatable bonds is 9. The van der Waals surface area contributed by atoms with Crippen molar-refractivity contribution in [2.45, 2.75) is 72.0 Å². The van der Waals surface area contributed by atoms with Gasteiger partial charge in [-0.2, -0.15) is 13.2 Å². The van der Waals surface area contributed by atoms with Crippen LogP contribution < -0.4 is 15.4 Å². The lowest BCUT2D eigenvalue weighted by molar-refractivity contribution is -0.138. The number of hydrogen-bond acceptors (Lipinski definition) is 4. The Balaban J connectivity index is 1.89. The second kappa shape index (κ2) is 11.8. The Labute approximate surface area is 216 Å². The SMILES string of the molecule is COc1cc(N[C@H](C)C(F)(F)F)ccc1-n1c(CC(C)C)nc(C(=O)NCC2CCC(C)CC2)c1Cl. The highest BCUT2D eigenvalue weighted by Gasteiger charge is 2.36. The van der Waals surface area contributed by atoms with Crippen LogP contribution in [-0.2, 0) is 6.42 Å². The topological polar surface area (TPSA) is 68.2 Å². The maximum Gasteiger partial charge on any atom is 0.408 e. The van der Waals surface area contributed by atoms with Gasteiger partial charge in [0.15, 0.2) is 5.69 Å². The first-order chi connectivity index (χ1) is 16.9. The summed E-state index contributed by atoms with van der Waals surface area (Å²) in [5, 5.41) is 5.58. The molecule has 2 aromatic rings. The minimum absolute atomic E-state index is 0.131. The fourth-order valence-electron chi connectivity index (χ4n) is 4.47. The van der Waals surface area contributed by atoms with Crippen molar-refractivity contribution in [1.82, 2.24) is 14.9 Å². The number of amides is 1. The molecule has 6 nitrogen and oxygen atoms in total. The normalized spacial score (nSPS) is 19.3. The Morgan fingerprint density at radius 2 is 1.89 bits per heavy atom. The maximum atomic E-state index is 13.1. The van der Waals surface area contributed by atoms with Gasteiger partial charge < -0.3 is 15.4 Å². The number of imidazole rings is 1. The molecule has 0 aliphatic heterocycles. The largest absolute Gasteiger partial charge is 0.494 e. The van der Waals surface area contributed by atoms with Crippen LogP contribution in [0.2, 0.25) is 5.15 Å². The highest BCUT2D eigenvalue weighted by Crippen LogP contribution is 2.34. The second-order valence-electron chi connectivity index (χ2n) is 10.2. The zero-order valence-electron chi connectivity index (χ0n) is 21.5. The molecule has 200 valence electrons. The van der Waals surface area contributed by atoms with Gasteiger partial charge >= 0.3 is 6.18 Å². The van der Waals surface area contributed by atoms with Crippen molar-refractivity contribution in [2.24, 2.45) is 17.8 Å². The Hall–Kier alpha value is -2.42. The molecule has 1 heterocycles. The highest BCUT2D eigenvalue weighted by atomic mass is 35.5. The summed E-state index contributed by atoms with van der Waals surface area (Å²) in [6, 6.07) is 2.90. The third kappa shape index (κ3) is 6.87. The molecule has 1 aromatic carbocycles. The summed E-state index contributed by atoms with van der Waals surface area (Å²) in [5.74, 6) is 1.95. The van der Waals surface area contributed by atoms with Gasteiger partial charge in [-0.1, -0.05) is 45.2 Å². The van der Waals surface area contributed by atoms with Gasteiger partial charge in [0.25, 0.3) is 5.91 Å².